The van der Waals surface area contributed by atoms with Crippen molar-refractivity contribution in [3.05, 3.63) is 59.0 Å². The number of furan rings is 1. The van der Waals surface area contributed by atoms with E-state index in [0.29, 0.717) is 28.2 Å². The van der Waals surface area contributed by atoms with Gasteiger partial charge in [-0.05, 0) is 30.0 Å². The van der Waals surface area contributed by atoms with Crippen molar-refractivity contribution in [2.75, 3.05) is 12.4 Å². The standard InChI is InChI=1S/C19H13N3O5S/c1-26-12-4-2-3-11(6-12)21-17(23)14-9-20-8-10-5-13(27-16(10)14)7-15-18(24)22-19(25)28-15/h2-9H,1H3,(H,21,23)(H,22,24,25)/b15-7+. The first-order valence-corrected chi connectivity index (χ1v) is 8.93. The number of aromatic nitrogens is 1. The number of nitrogens with zero attached hydrogens (tertiary/aromatic N) is 1. The van der Waals surface area contributed by atoms with Gasteiger partial charge in [-0.3, -0.25) is 24.7 Å². The molecule has 0 aliphatic carbocycles. The van der Waals surface area contributed by atoms with Crippen LogP contribution in [0, 0.1) is 0 Å². The Kier molecular flexibility index (Phi) is 4.58. The Morgan fingerprint density at radius 1 is 1.29 bits per heavy atom. The molecule has 1 aliphatic rings. The van der Waals surface area contributed by atoms with Gasteiger partial charge in [0.2, 0.25) is 0 Å². The Morgan fingerprint density at radius 2 is 2.14 bits per heavy atom. The number of amides is 3. The molecular weight excluding hydrogens is 382 g/mol. The lowest BCUT2D eigenvalue weighted by atomic mass is 10.2. The highest BCUT2D eigenvalue weighted by Gasteiger charge is 2.25. The highest BCUT2D eigenvalue weighted by molar-refractivity contribution is 8.18. The number of hydrogen-bond donors (Lipinski definition) is 2. The Hall–Kier alpha value is -3.59. The molecule has 0 radical (unpaired) electrons. The van der Waals surface area contributed by atoms with Crippen molar-refractivity contribution in [1.82, 2.24) is 10.3 Å². The molecule has 1 fully saturated rings. The van der Waals surface area contributed by atoms with E-state index in [-0.39, 0.29) is 10.5 Å². The minimum absolute atomic E-state index is 0.222. The fraction of sp³-hybridized carbons (Fsp3) is 0.0526. The topological polar surface area (TPSA) is 111 Å². The number of anilines is 1. The second kappa shape index (κ2) is 7.20. The lowest BCUT2D eigenvalue weighted by molar-refractivity contribution is -0.115. The molecule has 140 valence electrons. The molecule has 3 aromatic rings. The van der Waals surface area contributed by atoms with Gasteiger partial charge in [0.1, 0.15) is 17.1 Å². The van der Waals surface area contributed by atoms with Gasteiger partial charge < -0.3 is 14.5 Å². The summed E-state index contributed by atoms with van der Waals surface area (Å²) in [5, 5.41) is 5.11. The number of carbonyl (C=O) groups is 3. The molecule has 0 saturated carbocycles. The van der Waals surface area contributed by atoms with E-state index in [1.165, 1.54) is 12.3 Å². The van der Waals surface area contributed by atoms with E-state index >= 15 is 0 Å². The number of imide groups is 1. The molecule has 3 heterocycles. The summed E-state index contributed by atoms with van der Waals surface area (Å²) in [5.41, 5.74) is 1.13. The molecule has 9 heteroatoms. The highest BCUT2D eigenvalue weighted by Crippen LogP contribution is 2.29. The first kappa shape index (κ1) is 17.8. The van der Waals surface area contributed by atoms with Crippen LogP contribution in [0.5, 0.6) is 5.75 Å². The second-order valence-electron chi connectivity index (χ2n) is 5.79. The number of benzene rings is 1. The van der Waals surface area contributed by atoms with Crippen LogP contribution in [-0.4, -0.2) is 29.1 Å². The third-order valence-electron chi connectivity index (χ3n) is 3.93. The van der Waals surface area contributed by atoms with E-state index in [2.05, 4.69) is 15.6 Å². The minimum Gasteiger partial charge on any atom is -0.497 e. The lowest BCUT2D eigenvalue weighted by Gasteiger charge is -2.07. The van der Waals surface area contributed by atoms with Crippen LogP contribution in [0.1, 0.15) is 16.1 Å². The predicted octanol–water partition coefficient (Wildman–Crippen LogP) is 3.41. The number of nitrogens with one attached hydrogen (secondary N) is 2. The van der Waals surface area contributed by atoms with E-state index in [1.807, 2.05) is 0 Å². The minimum atomic E-state index is -0.482. The summed E-state index contributed by atoms with van der Waals surface area (Å²) in [6, 6.07) is 8.60. The largest absolute Gasteiger partial charge is 0.497 e. The van der Waals surface area contributed by atoms with E-state index in [1.54, 1.807) is 43.6 Å². The third kappa shape index (κ3) is 3.47. The number of carbonyl (C=O) groups excluding carboxylic acids is 3. The molecule has 0 atom stereocenters. The average molecular weight is 395 g/mol. The number of pyridine rings is 1. The molecular formula is C19H13N3O5S. The maximum atomic E-state index is 12.7. The smallest absolute Gasteiger partial charge is 0.290 e. The van der Waals surface area contributed by atoms with Crippen LogP contribution < -0.4 is 15.4 Å². The normalized spacial score (nSPS) is 15.1. The molecule has 0 unspecified atom stereocenters. The van der Waals surface area contributed by atoms with Gasteiger partial charge in [0.15, 0.2) is 5.58 Å². The maximum Gasteiger partial charge on any atom is 0.290 e. The van der Waals surface area contributed by atoms with Gasteiger partial charge in [-0.25, -0.2) is 0 Å². The molecule has 8 nitrogen and oxygen atoms in total. The first-order valence-electron chi connectivity index (χ1n) is 8.11. The van der Waals surface area contributed by atoms with Gasteiger partial charge >= 0.3 is 0 Å². The zero-order chi connectivity index (χ0) is 19.7. The summed E-state index contributed by atoms with van der Waals surface area (Å²) in [4.78, 5) is 40.0. The van der Waals surface area contributed by atoms with Gasteiger partial charge in [-0.1, -0.05) is 6.07 Å². The Morgan fingerprint density at radius 3 is 2.89 bits per heavy atom. The van der Waals surface area contributed by atoms with E-state index in [4.69, 9.17) is 9.15 Å². The summed E-state index contributed by atoms with van der Waals surface area (Å²) < 4.78 is 10.9. The molecule has 1 aliphatic heterocycles. The number of rotatable bonds is 4. The van der Waals surface area contributed by atoms with Crippen LogP contribution in [0.15, 0.2) is 52.0 Å². The number of thioether (sulfide) groups is 1. The van der Waals surface area contributed by atoms with Crippen LogP contribution in [0.2, 0.25) is 0 Å². The number of hydrogen-bond acceptors (Lipinski definition) is 7. The molecule has 2 aromatic heterocycles. The summed E-state index contributed by atoms with van der Waals surface area (Å²) >= 11 is 0.789. The quantitative estimate of drug-likeness (QED) is 0.651. The SMILES string of the molecule is COc1cccc(NC(=O)c2cncc3cc(/C=C4/SC(=O)NC4=O)oc23)c1. The van der Waals surface area contributed by atoms with Crippen molar-refractivity contribution >= 4 is 51.5 Å². The molecule has 2 N–H and O–H groups in total. The van der Waals surface area contributed by atoms with Crippen LogP contribution in [0.25, 0.3) is 17.0 Å². The highest BCUT2D eigenvalue weighted by atomic mass is 32.2. The Balaban J connectivity index is 1.65. The van der Waals surface area contributed by atoms with Crippen LogP contribution >= 0.6 is 11.8 Å². The van der Waals surface area contributed by atoms with Crippen molar-refractivity contribution in [3.63, 3.8) is 0 Å². The second-order valence-corrected chi connectivity index (χ2v) is 6.81. The summed E-state index contributed by atoms with van der Waals surface area (Å²) in [6.07, 6.45) is 4.41. The van der Waals surface area contributed by atoms with Crippen LogP contribution in [0.4, 0.5) is 10.5 Å². The fourth-order valence-electron chi connectivity index (χ4n) is 2.66. The van der Waals surface area contributed by atoms with Gasteiger partial charge in [0.25, 0.3) is 17.1 Å². The number of fused-ring (bicyclic) bond motifs is 1. The van der Waals surface area contributed by atoms with Gasteiger partial charge in [0, 0.05) is 35.6 Å². The summed E-state index contributed by atoms with van der Waals surface area (Å²) in [7, 11) is 1.54. The van der Waals surface area contributed by atoms with Crippen molar-refractivity contribution in [3.8, 4) is 5.75 Å². The zero-order valence-corrected chi connectivity index (χ0v) is 15.3. The van der Waals surface area contributed by atoms with Crippen molar-refractivity contribution < 1.29 is 23.5 Å². The average Bonchev–Trinajstić information content (AvgIpc) is 3.23. The Bertz CT molecular complexity index is 1150. The molecule has 3 amide bonds. The number of ether oxygens (including phenoxy) is 1. The maximum absolute atomic E-state index is 12.7. The Labute approximate surface area is 162 Å². The molecule has 4 rings (SSSR count). The third-order valence-corrected chi connectivity index (χ3v) is 4.74. The van der Waals surface area contributed by atoms with E-state index < -0.39 is 17.1 Å². The molecule has 28 heavy (non-hydrogen) atoms. The van der Waals surface area contributed by atoms with Gasteiger partial charge in [-0.2, -0.15) is 0 Å². The molecule has 1 saturated heterocycles. The fourth-order valence-corrected chi connectivity index (χ4v) is 3.33. The monoisotopic (exact) mass is 395 g/mol. The van der Waals surface area contributed by atoms with Crippen molar-refractivity contribution in [1.29, 1.82) is 0 Å². The van der Waals surface area contributed by atoms with Crippen LogP contribution in [0.3, 0.4) is 0 Å². The lowest BCUT2D eigenvalue weighted by Crippen LogP contribution is -2.17. The van der Waals surface area contributed by atoms with E-state index in [9.17, 15) is 14.4 Å². The summed E-state index contributed by atoms with van der Waals surface area (Å²) in [6.45, 7) is 0. The predicted molar refractivity (Wildman–Crippen MR) is 104 cm³/mol. The van der Waals surface area contributed by atoms with Crippen LogP contribution in [-0.2, 0) is 4.79 Å². The van der Waals surface area contributed by atoms with E-state index in [0.717, 1.165) is 11.8 Å². The molecule has 0 bridgehead atoms. The molecule has 0 spiro atoms. The zero-order valence-electron chi connectivity index (χ0n) is 14.5. The number of methoxy groups -OCH3 is 1. The van der Waals surface area contributed by atoms with Crippen molar-refractivity contribution in [2.24, 2.45) is 0 Å². The summed E-state index contributed by atoms with van der Waals surface area (Å²) in [5.74, 6) is 0.0707. The van der Waals surface area contributed by atoms with Crippen molar-refractivity contribution in [2.45, 2.75) is 0 Å². The first-order chi connectivity index (χ1) is 13.5. The molecule has 1 aromatic carbocycles. The van der Waals surface area contributed by atoms with Gasteiger partial charge in [0.05, 0.1) is 12.0 Å². The van der Waals surface area contributed by atoms with Gasteiger partial charge in [-0.15, -0.1) is 0 Å².